The highest BCUT2D eigenvalue weighted by Crippen LogP contribution is 2.33. The third-order valence-corrected chi connectivity index (χ3v) is 3.08. The first-order valence-electron chi connectivity index (χ1n) is 5.35. The van der Waals surface area contributed by atoms with Crippen LogP contribution in [-0.4, -0.2) is 11.6 Å². The summed E-state index contributed by atoms with van der Waals surface area (Å²) in [5.41, 5.74) is 2.62. The van der Waals surface area contributed by atoms with Crippen molar-refractivity contribution in [3.05, 3.63) is 23.4 Å². The van der Waals surface area contributed by atoms with Gasteiger partial charge in [0.25, 0.3) is 0 Å². The van der Waals surface area contributed by atoms with Crippen LogP contribution >= 0.6 is 0 Å². The van der Waals surface area contributed by atoms with Gasteiger partial charge in [-0.3, -0.25) is 0 Å². The molecule has 0 aromatic carbocycles. The predicted molar refractivity (Wildman–Crippen MR) is 56.9 cm³/mol. The molecule has 2 rings (SSSR count). The molecule has 76 valence electrons. The highest BCUT2D eigenvalue weighted by Gasteiger charge is 2.22. The van der Waals surface area contributed by atoms with Crippen LogP contribution in [0.2, 0.25) is 0 Å². The van der Waals surface area contributed by atoms with E-state index in [0.717, 1.165) is 18.9 Å². The minimum atomic E-state index is 0.501. The molecule has 0 saturated heterocycles. The van der Waals surface area contributed by atoms with Crippen LogP contribution in [-0.2, 0) is 0 Å². The maximum atomic E-state index is 5.47. The summed E-state index contributed by atoms with van der Waals surface area (Å²) in [6.45, 7) is 7.42. The summed E-state index contributed by atoms with van der Waals surface area (Å²) < 4.78 is 5.47. The lowest BCUT2D eigenvalue weighted by Crippen LogP contribution is -1.95. The van der Waals surface area contributed by atoms with Crippen molar-refractivity contribution in [3.63, 3.8) is 0 Å². The summed E-state index contributed by atoms with van der Waals surface area (Å²) in [4.78, 5) is 4.36. The normalized spacial score (nSPS) is 21.5. The molecule has 2 heteroatoms. The summed E-state index contributed by atoms with van der Waals surface area (Å²) in [6, 6.07) is 2.26. The summed E-state index contributed by atoms with van der Waals surface area (Å²) in [6.07, 6.45) is 3.11. The number of fused-ring (bicyclic) bond motifs is 1. The molecule has 0 saturated carbocycles. The van der Waals surface area contributed by atoms with Crippen molar-refractivity contribution in [2.75, 3.05) is 6.61 Å². The van der Waals surface area contributed by atoms with Crippen LogP contribution < -0.4 is 4.74 Å². The molecular weight excluding hydrogens is 174 g/mol. The van der Waals surface area contributed by atoms with Crippen molar-refractivity contribution in [1.29, 1.82) is 0 Å². The molecule has 1 aliphatic heterocycles. The van der Waals surface area contributed by atoms with Gasteiger partial charge >= 0.3 is 0 Å². The van der Waals surface area contributed by atoms with Gasteiger partial charge in [-0.1, -0.05) is 20.8 Å². The first-order valence-corrected chi connectivity index (χ1v) is 5.35. The van der Waals surface area contributed by atoms with Crippen molar-refractivity contribution in [1.82, 2.24) is 4.98 Å². The number of nitrogens with zero attached hydrogens (tertiary/aromatic N) is 1. The molecule has 2 unspecified atom stereocenters. The van der Waals surface area contributed by atoms with E-state index in [1.165, 1.54) is 11.1 Å². The highest BCUT2D eigenvalue weighted by molar-refractivity contribution is 5.36. The zero-order valence-electron chi connectivity index (χ0n) is 9.08. The maximum absolute atomic E-state index is 5.47. The lowest BCUT2D eigenvalue weighted by molar-refractivity contribution is 0.327. The number of ether oxygens (including phenoxy) is 1. The van der Waals surface area contributed by atoms with Crippen LogP contribution in [0.4, 0.5) is 0 Å². The fourth-order valence-electron chi connectivity index (χ4n) is 1.76. The molecule has 2 atom stereocenters. The van der Waals surface area contributed by atoms with Crippen molar-refractivity contribution >= 4 is 0 Å². The number of aromatic nitrogens is 1. The predicted octanol–water partition coefficient (Wildman–Crippen LogP) is 3.09. The van der Waals surface area contributed by atoms with Crippen LogP contribution in [0, 0.1) is 0 Å². The van der Waals surface area contributed by atoms with Crippen LogP contribution in [0.15, 0.2) is 12.3 Å². The third-order valence-electron chi connectivity index (χ3n) is 3.08. The minimum Gasteiger partial charge on any atom is -0.477 e. The Balaban J connectivity index is 2.34. The maximum Gasteiger partial charge on any atom is 0.216 e. The summed E-state index contributed by atoms with van der Waals surface area (Å²) in [5, 5.41) is 0. The molecule has 14 heavy (non-hydrogen) atoms. The zero-order valence-corrected chi connectivity index (χ0v) is 9.08. The van der Waals surface area contributed by atoms with Crippen molar-refractivity contribution in [2.45, 2.75) is 39.0 Å². The Morgan fingerprint density at radius 3 is 3.14 bits per heavy atom. The topological polar surface area (TPSA) is 22.1 Å². The summed E-state index contributed by atoms with van der Waals surface area (Å²) in [7, 11) is 0. The number of rotatable bonds is 2. The first kappa shape index (κ1) is 9.50. The van der Waals surface area contributed by atoms with E-state index in [9.17, 15) is 0 Å². The highest BCUT2D eigenvalue weighted by atomic mass is 16.5. The SMILES string of the molecule is CCC(C)c1cnc2c(c1)C(C)CO2. The van der Waals surface area contributed by atoms with Gasteiger partial charge in [0.15, 0.2) is 0 Å². The quantitative estimate of drug-likeness (QED) is 0.716. The zero-order chi connectivity index (χ0) is 10.1. The standard InChI is InChI=1S/C12H17NO/c1-4-8(2)10-5-11-9(3)7-14-12(11)13-6-10/h5-6,8-9H,4,7H2,1-3H3. The second-order valence-electron chi connectivity index (χ2n) is 4.18. The van der Waals surface area contributed by atoms with Gasteiger partial charge in [0.2, 0.25) is 5.88 Å². The van der Waals surface area contributed by atoms with E-state index in [4.69, 9.17) is 4.74 Å². The lowest BCUT2D eigenvalue weighted by Gasteiger charge is -2.10. The second-order valence-corrected chi connectivity index (χ2v) is 4.18. The molecule has 0 aliphatic carbocycles. The van der Waals surface area contributed by atoms with Gasteiger partial charge in [-0.25, -0.2) is 4.98 Å². The van der Waals surface area contributed by atoms with E-state index in [1.807, 2.05) is 6.20 Å². The molecule has 0 spiro atoms. The van der Waals surface area contributed by atoms with Gasteiger partial charge in [-0.15, -0.1) is 0 Å². The second kappa shape index (κ2) is 3.60. The molecule has 0 fully saturated rings. The lowest BCUT2D eigenvalue weighted by atomic mass is 9.96. The number of hydrogen-bond donors (Lipinski definition) is 0. The molecule has 2 heterocycles. The van der Waals surface area contributed by atoms with E-state index < -0.39 is 0 Å². The van der Waals surface area contributed by atoms with E-state index in [0.29, 0.717) is 11.8 Å². The van der Waals surface area contributed by atoms with Gasteiger partial charge < -0.3 is 4.74 Å². The van der Waals surface area contributed by atoms with Crippen molar-refractivity contribution < 1.29 is 4.74 Å². The van der Waals surface area contributed by atoms with E-state index in [2.05, 4.69) is 31.8 Å². The van der Waals surface area contributed by atoms with Crippen molar-refractivity contribution in [3.8, 4) is 5.88 Å². The minimum absolute atomic E-state index is 0.501. The molecule has 0 N–H and O–H groups in total. The van der Waals surface area contributed by atoms with Gasteiger partial charge in [0, 0.05) is 17.7 Å². The molecule has 0 bridgehead atoms. The monoisotopic (exact) mass is 191 g/mol. The largest absolute Gasteiger partial charge is 0.477 e. The van der Waals surface area contributed by atoms with E-state index in [-0.39, 0.29) is 0 Å². The van der Waals surface area contributed by atoms with Crippen LogP contribution in [0.3, 0.4) is 0 Å². The smallest absolute Gasteiger partial charge is 0.216 e. The Kier molecular flexibility index (Phi) is 2.44. The molecule has 1 aromatic heterocycles. The molecule has 0 amide bonds. The average Bonchev–Trinajstić information content (AvgIpc) is 2.59. The number of hydrogen-bond acceptors (Lipinski definition) is 2. The Bertz CT molecular complexity index is 335. The van der Waals surface area contributed by atoms with Crippen LogP contribution in [0.5, 0.6) is 5.88 Å². The fourth-order valence-corrected chi connectivity index (χ4v) is 1.76. The van der Waals surface area contributed by atoms with Gasteiger partial charge in [-0.2, -0.15) is 0 Å². The summed E-state index contributed by atoms with van der Waals surface area (Å²) >= 11 is 0. The molecule has 0 radical (unpaired) electrons. The van der Waals surface area contributed by atoms with Gasteiger partial charge in [0.1, 0.15) is 0 Å². The van der Waals surface area contributed by atoms with Crippen molar-refractivity contribution in [2.24, 2.45) is 0 Å². The van der Waals surface area contributed by atoms with Crippen LogP contribution in [0.1, 0.15) is 50.2 Å². The average molecular weight is 191 g/mol. The molecular formula is C12H17NO. The van der Waals surface area contributed by atoms with E-state index in [1.54, 1.807) is 0 Å². The molecule has 1 aliphatic rings. The number of pyridine rings is 1. The molecule has 1 aromatic rings. The van der Waals surface area contributed by atoms with Gasteiger partial charge in [-0.05, 0) is 24.0 Å². The van der Waals surface area contributed by atoms with E-state index >= 15 is 0 Å². The summed E-state index contributed by atoms with van der Waals surface area (Å²) in [5.74, 6) is 1.94. The van der Waals surface area contributed by atoms with Crippen LogP contribution in [0.25, 0.3) is 0 Å². The Morgan fingerprint density at radius 2 is 2.43 bits per heavy atom. The first-order chi connectivity index (χ1) is 6.72. The Morgan fingerprint density at radius 1 is 1.64 bits per heavy atom. The Hall–Kier alpha value is -1.05. The fraction of sp³-hybridized carbons (Fsp3) is 0.583. The molecule has 2 nitrogen and oxygen atoms in total. The van der Waals surface area contributed by atoms with Gasteiger partial charge in [0.05, 0.1) is 6.61 Å². The Labute approximate surface area is 85.3 Å². The third kappa shape index (κ3) is 1.49.